The summed E-state index contributed by atoms with van der Waals surface area (Å²) in [5, 5.41) is 12.8. The zero-order chi connectivity index (χ0) is 8.55. The minimum atomic E-state index is 0.363. The molecule has 1 aromatic carbocycles. The topological polar surface area (TPSA) is 32.3 Å². The van der Waals surface area contributed by atoms with E-state index in [-0.39, 0.29) is 0 Å². The number of nitrogens with one attached hydrogen (secondary N) is 1. The Hall–Kier alpha value is -1.18. The van der Waals surface area contributed by atoms with Crippen LogP contribution < -0.4 is 5.32 Å². The smallest absolute Gasteiger partial charge is 0.138 e. The summed E-state index contributed by atoms with van der Waals surface area (Å²) < 4.78 is 0. The van der Waals surface area contributed by atoms with Gasteiger partial charge in [0.05, 0.1) is 5.69 Å². The van der Waals surface area contributed by atoms with Gasteiger partial charge in [-0.3, -0.25) is 0 Å². The molecule has 1 aliphatic carbocycles. The molecule has 64 valence electrons. The first-order valence-electron chi connectivity index (χ1n) is 4.32. The van der Waals surface area contributed by atoms with Gasteiger partial charge in [0.25, 0.3) is 0 Å². The summed E-state index contributed by atoms with van der Waals surface area (Å²) in [5.74, 6) is 0.363. The zero-order valence-electron chi connectivity index (χ0n) is 7.17. The van der Waals surface area contributed by atoms with E-state index in [9.17, 15) is 5.11 Å². The van der Waals surface area contributed by atoms with Crippen LogP contribution in [0.2, 0.25) is 0 Å². The first-order chi connectivity index (χ1) is 5.75. The SMILES string of the molecule is Cc1ccc(NC2CC2)c(O)c1. The molecule has 2 heteroatoms. The van der Waals surface area contributed by atoms with Gasteiger partial charge >= 0.3 is 0 Å². The lowest BCUT2D eigenvalue weighted by atomic mass is 10.2. The summed E-state index contributed by atoms with van der Waals surface area (Å²) in [7, 11) is 0. The Bertz CT molecular complexity index is 292. The highest BCUT2D eigenvalue weighted by atomic mass is 16.3. The van der Waals surface area contributed by atoms with E-state index in [0.717, 1.165) is 11.3 Å². The van der Waals surface area contributed by atoms with Crippen LogP contribution in [0.15, 0.2) is 18.2 Å². The summed E-state index contributed by atoms with van der Waals surface area (Å²) in [4.78, 5) is 0. The van der Waals surface area contributed by atoms with Gasteiger partial charge in [0.1, 0.15) is 5.75 Å². The quantitative estimate of drug-likeness (QED) is 0.655. The molecule has 0 unspecified atom stereocenters. The third kappa shape index (κ3) is 1.52. The number of anilines is 1. The van der Waals surface area contributed by atoms with E-state index in [1.54, 1.807) is 6.07 Å². The summed E-state index contributed by atoms with van der Waals surface area (Å²) in [6.45, 7) is 1.97. The molecule has 0 amide bonds. The molecule has 0 saturated heterocycles. The standard InChI is InChI=1S/C10H13NO/c1-7-2-5-9(10(12)6-7)11-8-3-4-8/h2,5-6,8,11-12H,3-4H2,1H3. The monoisotopic (exact) mass is 163 g/mol. The van der Waals surface area contributed by atoms with Gasteiger partial charge in [-0.1, -0.05) is 6.07 Å². The second-order valence-corrected chi connectivity index (χ2v) is 3.44. The van der Waals surface area contributed by atoms with Crippen LogP contribution in [0.5, 0.6) is 5.75 Å². The van der Waals surface area contributed by atoms with E-state index in [1.807, 2.05) is 19.1 Å². The molecule has 0 radical (unpaired) electrons. The van der Waals surface area contributed by atoms with Gasteiger partial charge in [-0.2, -0.15) is 0 Å². The highest BCUT2D eigenvalue weighted by Crippen LogP contribution is 2.30. The van der Waals surface area contributed by atoms with Crippen molar-refractivity contribution in [1.29, 1.82) is 0 Å². The van der Waals surface area contributed by atoms with E-state index in [4.69, 9.17) is 0 Å². The number of benzene rings is 1. The first-order valence-corrected chi connectivity index (χ1v) is 4.32. The van der Waals surface area contributed by atoms with Crippen molar-refractivity contribution in [2.45, 2.75) is 25.8 Å². The van der Waals surface area contributed by atoms with Crippen molar-refractivity contribution in [3.8, 4) is 5.75 Å². The van der Waals surface area contributed by atoms with Crippen molar-refractivity contribution < 1.29 is 5.11 Å². The summed E-state index contributed by atoms with van der Waals surface area (Å²) in [6.07, 6.45) is 2.46. The number of aryl methyl sites for hydroxylation is 1. The summed E-state index contributed by atoms with van der Waals surface area (Å²) in [6, 6.07) is 6.32. The van der Waals surface area contributed by atoms with Crippen molar-refractivity contribution in [2.24, 2.45) is 0 Å². The van der Waals surface area contributed by atoms with Crippen LogP contribution in [0.4, 0.5) is 5.69 Å². The number of aromatic hydroxyl groups is 1. The highest BCUT2D eigenvalue weighted by molar-refractivity contribution is 5.57. The Kier molecular flexibility index (Phi) is 1.68. The average molecular weight is 163 g/mol. The fourth-order valence-electron chi connectivity index (χ4n) is 1.21. The summed E-state index contributed by atoms with van der Waals surface area (Å²) >= 11 is 0. The molecule has 1 fully saturated rings. The summed E-state index contributed by atoms with van der Waals surface area (Å²) in [5.41, 5.74) is 1.96. The number of hydrogen-bond donors (Lipinski definition) is 2. The zero-order valence-corrected chi connectivity index (χ0v) is 7.17. The fraction of sp³-hybridized carbons (Fsp3) is 0.400. The number of phenols is 1. The van der Waals surface area contributed by atoms with Crippen LogP contribution in [0.1, 0.15) is 18.4 Å². The fourth-order valence-corrected chi connectivity index (χ4v) is 1.21. The second-order valence-electron chi connectivity index (χ2n) is 3.44. The Morgan fingerprint density at radius 1 is 1.42 bits per heavy atom. The van der Waals surface area contributed by atoms with Gasteiger partial charge in [0.15, 0.2) is 0 Å². The maximum absolute atomic E-state index is 9.51. The molecular formula is C10H13NO. The lowest BCUT2D eigenvalue weighted by molar-refractivity contribution is 0.476. The predicted octanol–water partition coefficient (Wildman–Crippen LogP) is 2.27. The molecule has 2 nitrogen and oxygen atoms in total. The van der Waals surface area contributed by atoms with E-state index in [0.29, 0.717) is 11.8 Å². The molecule has 1 aliphatic rings. The third-order valence-electron chi connectivity index (χ3n) is 2.09. The molecule has 1 saturated carbocycles. The van der Waals surface area contributed by atoms with Crippen LogP contribution >= 0.6 is 0 Å². The molecule has 0 atom stereocenters. The molecule has 2 N–H and O–H groups in total. The Balaban J connectivity index is 2.18. The molecule has 0 aliphatic heterocycles. The average Bonchev–Trinajstić information content (AvgIpc) is 2.79. The molecule has 0 spiro atoms. The van der Waals surface area contributed by atoms with E-state index < -0.39 is 0 Å². The van der Waals surface area contributed by atoms with Gasteiger partial charge in [-0.05, 0) is 37.5 Å². The molecule has 1 aromatic rings. The van der Waals surface area contributed by atoms with Gasteiger partial charge in [0.2, 0.25) is 0 Å². The van der Waals surface area contributed by atoms with Crippen molar-refractivity contribution in [2.75, 3.05) is 5.32 Å². The lowest BCUT2D eigenvalue weighted by Crippen LogP contribution is -2.00. The largest absolute Gasteiger partial charge is 0.506 e. The van der Waals surface area contributed by atoms with Crippen LogP contribution in [0, 0.1) is 6.92 Å². The van der Waals surface area contributed by atoms with Crippen LogP contribution in [0.25, 0.3) is 0 Å². The van der Waals surface area contributed by atoms with Crippen LogP contribution in [0.3, 0.4) is 0 Å². The van der Waals surface area contributed by atoms with Crippen molar-refractivity contribution >= 4 is 5.69 Å². The minimum absolute atomic E-state index is 0.363. The maximum Gasteiger partial charge on any atom is 0.138 e. The lowest BCUT2D eigenvalue weighted by Gasteiger charge is -2.06. The molecule has 0 aromatic heterocycles. The molecule has 2 rings (SSSR count). The molecular weight excluding hydrogens is 150 g/mol. The molecule has 0 heterocycles. The van der Waals surface area contributed by atoms with E-state index in [1.165, 1.54) is 12.8 Å². The first kappa shape index (κ1) is 7.47. The normalized spacial score (nSPS) is 16.1. The van der Waals surface area contributed by atoms with E-state index in [2.05, 4.69) is 5.32 Å². The predicted molar refractivity (Wildman–Crippen MR) is 49.5 cm³/mol. The molecule has 0 bridgehead atoms. The minimum Gasteiger partial charge on any atom is -0.506 e. The van der Waals surface area contributed by atoms with Crippen molar-refractivity contribution in [1.82, 2.24) is 0 Å². The number of hydrogen-bond acceptors (Lipinski definition) is 2. The highest BCUT2D eigenvalue weighted by Gasteiger charge is 2.21. The van der Waals surface area contributed by atoms with Crippen LogP contribution in [-0.4, -0.2) is 11.1 Å². The van der Waals surface area contributed by atoms with Gasteiger partial charge in [-0.25, -0.2) is 0 Å². The van der Waals surface area contributed by atoms with Gasteiger partial charge in [-0.15, -0.1) is 0 Å². The van der Waals surface area contributed by atoms with Crippen molar-refractivity contribution in [3.63, 3.8) is 0 Å². The second kappa shape index (κ2) is 2.70. The van der Waals surface area contributed by atoms with Gasteiger partial charge < -0.3 is 10.4 Å². The third-order valence-corrected chi connectivity index (χ3v) is 2.09. The van der Waals surface area contributed by atoms with Crippen LogP contribution in [-0.2, 0) is 0 Å². The van der Waals surface area contributed by atoms with E-state index >= 15 is 0 Å². The number of phenolic OH excluding ortho intramolecular Hbond substituents is 1. The van der Waals surface area contributed by atoms with Crippen molar-refractivity contribution in [3.05, 3.63) is 23.8 Å². The molecule has 12 heavy (non-hydrogen) atoms. The maximum atomic E-state index is 9.51. The Morgan fingerprint density at radius 2 is 2.17 bits per heavy atom. The number of rotatable bonds is 2. The Labute approximate surface area is 72.2 Å². The van der Waals surface area contributed by atoms with Gasteiger partial charge in [0, 0.05) is 6.04 Å². The Morgan fingerprint density at radius 3 is 2.75 bits per heavy atom.